The fourth-order valence-corrected chi connectivity index (χ4v) is 2.04. The smallest absolute Gasteiger partial charge is 0.302 e. The van der Waals surface area contributed by atoms with Crippen molar-refractivity contribution in [2.24, 2.45) is 16.5 Å². The second-order valence-corrected chi connectivity index (χ2v) is 5.10. The number of rotatable bonds is 5. The molecule has 8 nitrogen and oxygen atoms in total. The predicted molar refractivity (Wildman–Crippen MR) is 90.2 cm³/mol. The molecule has 0 fully saturated rings. The highest BCUT2D eigenvalue weighted by molar-refractivity contribution is 6.32. The minimum absolute atomic E-state index is 0.0440. The molecule has 0 aliphatic carbocycles. The Balaban J connectivity index is 2.06. The van der Waals surface area contributed by atoms with E-state index in [0.29, 0.717) is 13.0 Å². The topological polar surface area (TPSA) is 145 Å². The standard InChI is InChI=1S/C14H15ClFN7O/c15-10-12(20-6-5-7-1-3-8(16)4-2-7)22-11(17)9(21-10)13(24)23-14(18)19/h1-4H,5-6H2,(H3,17,20,22)(H4,18,19,23,24). The maximum atomic E-state index is 12.8. The van der Waals surface area contributed by atoms with Crippen molar-refractivity contribution in [2.75, 3.05) is 17.6 Å². The minimum atomic E-state index is -0.834. The van der Waals surface area contributed by atoms with Gasteiger partial charge in [0.15, 0.2) is 28.4 Å². The number of anilines is 2. The molecule has 0 aliphatic rings. The van der Waals surface area contributed by atoms with E-state index in [9.17, 15) is 9.18 Å². The van der Waals surface area contributed by atoms with Crippen LogP contribution in [0.2, 0.25) is 5.15 Å². The number of amides is 1. The number of halogens is 2. The Hall–Kier alpha value is -2.94. The molecule has 10 heteroatoms. The molecule has 24 heavy (non-hydrogen) atoms. The number of nitrogens with one attached hydrogen (secondary N) is 1. The van der Waals surface area contributed by atoms with Gasteiger partial charge in [-0.3, -0.25) is 4.79 Å². The summed E-state index contributed by atoms with van der Waals surface area (Å²) in [6, 6.07) is 6.11. The lowest BCUT2D eigenvalue weighted by molar-refractivity contribution is 0.0998. The van der Waals surface area contributed by atoms with Crippen LogP contribution in [0.25, 0.3) is 0 Å². The first-order chi connectivity index (χ1) is 11.4. The molecule has 126 valence electrons. The molecule has 2 aromatic rings. The van der Waals surface area contributed by atoms with Crippen LogP contribution in [0.15, 0.2) is 29.3 Å². The van der Waals surface area contributed by atoms with Crippen LogP contribution in [0.5, 0.6) is 0 Å². The highest BCUT2D eigenvalue weighted by atomic mass is 35.5. The summed E-state index contributed by atoms with van der Waals surface area (Å²) in [6.45, 7) is 0.459. The van der Waals surface area contributed by atoms with Gasteiger partial charge in [-0.2, -0.15) is 4.99 Å². The van der Waals surface area contributed by atoms with Crippen molar-refractivity contribution in [1.82, 2.24) is 9.97 Å². The number of nitrogen functional groups attached to an aromatic ring is 1. The van der Waals surface area contributed by atoms with Crippen LogP contribution in [0.1, 0.15) is 16.1 Å². The zero-order valence-electron chi connectivity index (χ0n) is 12.5. The number of hydrogen-bond acceptors (Lipinski definition) is 5. The number of aromatic nitrogens is 2. The Labute approximate surface area is 141 Å². The van der Waals surface area contributed by atoms with Crippen LogP contribution in [0.4, 0.5) is 16.0 Å². The van der Waals surface area contributed by atoms with Crippen molar-refractivity contribution in [3.63, 3.8) is 0 Å². The summed E-state index contributed by atoms with van der Waals surface area (Å²) >= 11 is 5.98. The van der Waals surface area contributed by atoms with Gasteiger partial charge in [-0.1, -0.05) is 23.7 Å². The number of benzene rings is 1. The molecule has 2 rings (SSSR count). The number of nitrogens with two attached hydrogens (primary N) is 3. The maximum absolute atomic E-state index is 12.8. The molecule has 1 aromatic heterocycles. The van der Waals surface area contributed by atoms with E-state index in [1.165, 1.54) is 12.1 Å². The highest BCUT2D eigenvalue weighted by Crippen LogP contribution is 2.21. The number of carbonyl (C=O) groups excluding carboxylic acids is 1. The number of guanidine groups is 1. The number of carbonyl (C=O) groups is 1. The summed E-state index contributed by atoms with van der Waals surface area (Å²) < 4.78 is 12.8. The van der Waals surface area contributed by atoms with E-state index >= 15 is 0 Å². The molecule has 7 N–H and O–H groups in total. The monoisotopic (exact) mass is 351 g/mol. The second kappa shape index (κ2) is 7.55. The molecule has 0 bridgehead atoms. The molecule has 0 aliphatic heterocycles. The average Bonchev–Trinajstić information content (AvgIpc) is 2.51. The Morgan fingerprint density at radius 1 is 1.25 bits per heavy atom. The predicted octanol–water partition coefficient (Wildman–Crippen LogP) is 0.920. The van der Waals surface area contributed by atoms with Gasteiger partial charge in [-0.15, -0.1) is 0 Å². The summed E-state index contributed by atoms with van der Waals surface area (Å²) in [5.41, 5.74) is 16.6. The van der Waals surface area contributed by atoms with Crippen LogP contribution < -0.4 is 22.5 Å². The Bertz CT molecular complexity index is 775. The fourth-order valence-electron chi connectivity index (χ4n) is 1.84. The van der Waals surface area contributed by atoms with Crippen molar-refractivity contribution in [3.05, 3.63) is 46.5 Å². The minimum Gasteiger partial charge on any atom is -0.382 e. The van der Waals surface area contributed by atoms with E-state index < -0.39 is 11.9 Å². The fraction of sp³-hybridized carbons (Fsp3) is 0.143. The summed E-state index contributed by atoms with van der Waals surface area (Å²) in [5.74, 6) is -1.48. The van der Waals surface area contributed by atoms with E-state index in [1.807, 2.05) is 0 Å². The highest BCUT2D eigenvalue weighted by Gasteiger charge is 2.16. The van der Waals surface area contributed by atoms with Crippen LogP contribution in [-0.4, -0.2) is 28.4 Å². The van der Waals surface area contributed by atoms with Gasteiger partial charge in [0.1, 0.15) is 5.82 Å². The SMILES string of the molecule is NC(N)=NC(=O)c1nc(Cl)c(NCCc2ccc(F)cc2)nc1N. The first-order valence-corrected chi connectivity index (χ1v) is 7.20. The molecule has 0 spiro atoms. The third kappa shape index (κ3) is 4.53. The number of aliphatic imine (C=N–C) groups is 1. The van der Waals surface area contributed by atoms with Gasteiger partial charge in [-0.05, 0) is 24.1 Å². The third-order valence-electron chi connectivity index (χ3n) is 2.93. The first-order valence-electron chi connectivity index (χ1n) is 6.82. The van der Waals surface area contributed by atoms with Crippen molar-refractivity contribution in [1.29, 1.82) is 0 Å². The Kier molecular flexibility index (Phi) is 5.48. The van der Waals surface area contributed by atoms with Crippen molar-refractivity contribution < 1.29 is 9.18 Å². The zero-order chi connectivity index (χ0) is 17.7. The lowest BCUT2D eigenvalue weighted by Gasteiger charge is -2.09. The lowest BCUT2D eigenvalue weighted by atomic mass is 10.1. The van der Waals surface area contributed by atoms with Gasteiger partial charge in [0.2, 0.25) is 0 Å². The quantitative estimate of drug-likeness (QED) is 0.462. The number of hydrogen-bond donors (Lipinski definition) is 4. The molecule has 0 unspecified atom stereocenters. The van der Waals surface area contributed by atoms with E-state index in [1.54, 1.807) is 12.1 Å². The molecular formula is C14H15ClFN7O. The molecule has 0 saturated carbocycles. The molecule has 1 amide bonds. The second-order valence-electron chi connectivity index (χ2n) is 4.74. The number of nitrogens with zero attached hydrogens (tertiary/aromatic N) is 3. The largest absolute Gasteiger partial charge is 0.382 e. The van der Waals surface area contributed by atoms with Crippen LogP contribution in [-0.2, 0) is 6.42 Å². The van der Waals surface area contributed by atoms with E-state index in [4.69, 9.17) is 28.8 Å². The lowest BCUT2D eigenvalue weighted by Crippen LogP contribution is -2.25. The van der Waals surface area contributed by atoms with Crippen LogP contribution in [0, 0.1) is 5.82 Å². The van der Waals surface area contributed by atoms with Gasteiger partial charge < -0.3 is 22.5 Å². The zero-order valence-corrected chi connectivity index (χ0v) is 13.2. The van der Waals surface area contributed by atoms with Gasteiger partial charge in [0.05, 0.1) is 0 Å². The molecule has 0 saturated heterocycles. The molecular weight excluding hydrogens is 337 g/mol. The van der Waals surface area contributed by atoms with Crippen LogP contribution >= 0.6 is 11.6 Å². The van der Waals surface area contributed by atoms with Gasteiger partial charge >= 0.3 is 5.91 Å². The molecule has 0 atom stereocenters. The molecule has 1 heterocycles. The summed E-state index contributed by atoms with van der Waals surface area (Å²) in [6.07, 6.45) is 0.604. The van der Waals surface area contributed by atoms with Gasteiger partial charge in [0, 0.05) is 6.54 Å². The summed E-state index contributed by atoms with van der Waals surface area (Å²) in [7, 11) is 0. The first kappa shape index (κ1) is 17.4. The van der Waals surface area contributed by atoms with Crippen molar-refractivity contribution in [3.8, 4) is 0 Å². The van der Waals surface area contributed by atoms with Crippen LogP contribution in [0.3, 0.4) is 0 Å². The Morgan fingerprint density at radius 3 is 2.54 bits per heavy atom. The average molecular weight is 352 g/mol. The third-order valence-corrected chi connectivity index (χ3v) is 3.20. The molecule has 0 radical (unpaired) electrons. The van der Waals surface area contributed by atoms with Crippen molar-refractivity contribution >= 4 is 35.1 Å². The normalized spacial score (nSPS) is 10.2. The van der Waals surface area contributed by atoms with Crippen molar-refractivity contribution in [2.45, 2.75) is 6.42 Å². The van der Waals surface area contributed by atoms with E-state index in [-0.39, 0.29) is 28.3 Å². The van der Waals surface area contributed by atoms with Gasteiger partial charge in [-0.25, -0.2) is 14.4 Å². The summed E-state index contributed by atoms with van der Waals surface area (Å²) in [4.78, 5) is 22.9. The van der Waals surface area contributed by atoms with Gasteiger partial charge in [0.25, 0.3) is 0 Å². The van der Waals surface area contributed by atoms with E-state index in [2.05, 4.69) is 20.3 Å². The molecule has 1 aromatic carbocycles. The van der Waals surface area contributed by atoms with E-state index in [0.717, 1.165) is 5.56 Å². The Morgan fingerprint density at radius 2 is 1.92 bits per heavy atom. The maximum Gasteiger partial charge on any atom is 0.302 e. The summed E-state index contributed by atoms with van der Waals surface area (Å²) in [5, 5.41) is 2.90.